The number of nitrogens with one attached hydrogen (secondary N) is 1. The van der Waals surface area contributed by atoms with Gasteiger partial charge in [0.15, 0.2) is 0 Å². The Morgan fingerprint density at radius 2 is 2.00 bits per heavy atom. The molecule has 2 heterocycles. The summed E-state index contributed by atoms with van der Waals surface area (Å²) in [6, 6.07) is 9.22. The maximum atomic E-state index is 12.5. The van der Waals surface area contributed by atoms with E-state index in [9.17, 15) is 4.79 Å². The van der Waals surface area contributed by atoms with Gasteiger partial charge in [0.25, 0.3) is 5.91 Å². The van der Waals surface area contributed by atoms with Crippen molar-refractivity contribution in [1.82, 2.24) is 20.0 Å². The van der Waals surface area contributed by atoms with Crippen molar-refractivity contribution in [3.63, 3.8) is 0 Å². The van der Waals surface area contributed by atoms with E-state index in [1.807, 2.05) is 24.3 Å². The molecule has 8 nitrogen and oxygen atoms in total. The highest BCUT2D eigenvalue weighted by molar-refractivity contribution is 7.15. The number of carbonyl (C=O) groups excluding carboxylic acids is 1. The van der Waals surface area contributed by atoms with Gasteiger partial charge in [0, 0.05) is 19.7 Å². The van der Waals surface area contributed by atoms with Crippen LogP contribution in [-0.4, -0.2) is 40.1 Å². The van der Waals surface area contributed by atoms with Crippen molar-refractivity contribution in [2.75, 3.05) is 19.5 Å². The lowest BCUT2D eigenvalue weighted by molar-refractivity contribution is 0.101. The van der Waals surface area contributed by atoms with E-state index in [2.05, 4.69) is 20.6 Å². The second-order valence-electron chi connectivity index (χ2n) is 5.16. The Morgan fingerprint density at radius 1 is 1.24 bits per heavy atom. The number of methoxy groups -OCH3 is 2. The van der Waals surface area contributed by atoms with E-state index >= 15 is 0 Å². The van der Waals surface area contributed by atoms with Crippen molar-refractivity contribution in [2.24, 2.45) is 7.05 Å². The minimum atomic E-state index is -0.296. The van der Waals surface area contributed by atoms with Gasteiger partial charge in [-0.1, -0.05) is 11.3 Å². The Kier molecular flexibility index (Phi) is 5.05. The fourth-order valence-corrected chi connectivity index (χ4v) is 2.94. The number of rotatable bonds is 6. The van der Waals surface area contributed by atoms with Gasteiger partial charge in [-0.2, -0.15) is 5.10 Å². The van der Waals surface area contributed by atoms with Crippen LogP contribution < -0.4 is 10.1 Å². The third-order valence-electron chi connectivity index (χ3n) is 3.45. The van der Waals surface area contributed by atoms with Crippen molar-refractivity contribution in [1.29, 1.82) is 0 Å². The smallest absolute Gasteiger partial charge is 0.275 e. The normalized spacial score (nSPS) is 10.7. The number of anilines is 1. The molecule has 0 bridgehead atoms. The molecule has 1 amide bonds. The van der Waals surface area contributed by atoms with Crippen LogP contribution in [0.3, 0.4) is 0 Å². The van der Waals surface area contributed by atoms with Crippen molar-refractivity contribution < 1.29 is 14.3 Å². The van der Waals surface area contributed by atoms with Crippen LogP contribution in [0.2, 0.25) is 0 Å². The van der Waals surface area contributed by atoms with E-state index in [1.54, 1.807) is 27.3 Å². The Morgan fingerprint density at radius 3 is 2.68 bits per heavy atom. The highest BCUT2D eigenvalue weighted by Gasteiger charge is 2.16. The number of nitrogens with zero attached hydrogens (tertiary/aromatic N) is 4. The highest BCUT2D eigenvalue weighted by Crippen LogP contribution is 2.23. The van der Waals surface area contributed by atoms with Gasteiger partial charge in [0.05, 0.1) is 12.8 Å². The zero-order valence-electron chi connectivity index (χ0n) is 14.0. The Bertz CT molecular complexity index is 872. The number of hydrogen-bond acceptors (Lipinski definition) is 7. The zero-order chi connectivity index (χ0) is 17.8. The number of aromatic nitrogens is 4. The summed E-state index contributed by atoms with van der Waals surface area (Å²) in [5.41, 5.74) is 2.02. The van der Waals surface area contributed by atoms with Gasteiger partial charge in [-0.25, -0.2) is 0 Å². The van der Waals surface area contributed by atoms with Crippen molar-refractivity contribution in [2.45, 2.75) is 6.61 Å². The summed E-state index contributed by atoms with van der Waals surface area (Å²) in [7, 11) is 4.91. The molecule has 0 atom stereocenters. The minimum Gasteiger partial charge on any atom is -0.497 e. The Labute approximate surface area is 148 Å². The minimum absolute atomic E-state index is 0.296. The molecule has 2 aromatic heterocycles. The van der Waals surface area contributed by atoms with E-state index in [0.717, 1.165) is 11.3 Å². The van der Waals surface area contributed by atoms with Crippen molar-refractivity contribution >= 4 is 22.4 Å². The van der Waals surface area contributed by atoms with Gasteiger partial charge < -0.3 is 9.47 Å². The molecule has 0 aliphatic heterocycles. The summed E-state index contributed by atoms with van der Waals surface area (Å²) in [6.45, 7) is 0.362. The molecule has 0 saturated carbocycles. The molecule has 0 saturated heterocycles. The van der Waals surface area contributed by atoms with Crippen molar-refractivity contribution in [3.05, 3.63) is 41.0 Å². The monoisotopic (exact) mass is 359 g/mol. The maximum Gasteiger partial charge on any atom is 0.275 e. The van der Waals surface area contributed by atoms with Gasteiger partial charge in [-0.05, 0) is 30.3 Å². The highest BCUT2D eigenvalue weighted by atomic mass is 32.1. The first kappa shape index (κ1) is 17.1. The summed E-state index contributed by atoms with van der Waals surface area (Å²) in [6.07, 6.45) is 0. The molecule has 0 spiro atoms. The van der Waals surface area contributed by atoms with E-state index in [1.165, 1.54) is 16.0 Å². The number of amides is 1. The first-order valence-electron chi connectivity index (χ1n) is 7.42. The number of hydrogen-bond donors (Lipinski definition) is 1. The molecule has 9 heteroatoms. The van der Waals surface area contributed by atoms with Crippen LogP contribution in [0.4, 0.5) is 5.13 Å². The molecule has 25 heavy (non-hydrogen) atoms. The summed E-state index contributed by atoms with van der Waals surface area (Å²) in [4.78, 5) is 12.5. The Hall–Kier alpha value is -2.78. The summed E-state index contributed by atoms with van der Waals surface area (Å²) >= 11 is 1.27. The molecule has 3 aromatic rings. The zero-order valence-corrected chi connectivity index (χ0v) is 14.8. The predicted molar refractivity (Wildman–Crippen MR) is 93.8 cm³/mol. The summed E-state index contributed by atoms with van der Waals surface area (Å²) in [5.74, 6) is 0.468. The second kappa shape index (κ2) is 7.41. The lowest BCUT2D eigenvalue weighted by Gasteiger charge is -2.00. The van der Waals surface area contributed by atoms with Crippen LogP contribution in [0.5, 0.6) is 5.75 Å². The van der Waals surface area contributed by atoms with Gasteiger partial charge in [0.1, 0.15) is 23.1 Å². The van der Waals surface area contributed by atoms with E-state index in [-0.39, 0.29) is 5.91 Å². The average Bonchev–Trinajstić information content (AvgIpc) is 3.22. The standard InChI is InChI=1S/C16H17N5O3S/c1-21-13(15(22)17-16-19-18-14(25-16)9-23-2)8-12(20-21)10-4-6-11(24-3)7-5-10/h4-8H,9H2,1-3H3,(H,17,19,22). The molecule has 0 fully saturated rings. The first-order chi connectivity index (χ1) is 12.1. The molecule has 0 unspecified atom stereocenters. The number of carbonyl (C=O) groups is 1. The van der Waals surface area contributed by atoms with Crippen LogP contribution in [0.15, 0.2) is 30.3 Å². The second-order valence-corrected chi connectivity index (χ2v) is 6.22. The number of ether oxygens (including phenoxy) is 2. The van der Waals surface area contributed by atoms with Crippen LogP contribution in [0.1, 0.15) is 15.5 Å². The molecule has 3 rings (SSSR count). The lowest BCUT2D eigenvalue weighted by atomic mass is 10.1. The van der Waals surface area contributed by atoms with Crippen LogP contribution in [-0.2, 0) is 18.4 Å². The topological polar surface area (TPSA) is 91.2 Å². The van der Waals surface area contributed by atoms with Gasteiger partial charge in [-0.15, -0.1) is 10.2 Å². The SMILES string of the molecule is COCc1nnc(NC(=O)c2cc(-c3ccc(OC)cc3)nn2C)s1. The molecule has 130 valence electrons. The van der Waals surface area contributed by atoms with E-state index in [4.69, 9.17) is 9.47 Å². The number of benzene rings is 1. The van der Waals surface area contributed by atoms with Crippen LogP contribution >= 0.6 is 11.3 Å². The van der Waals surface area contributed by atoms with Gasteiger partial charge in [-0.3, -0.25) is 14.8 Å². The molecule has 1 N–H and O–H groups in total. The fourth-order valence-electron chi connectivity index (χ4n) is 2.23. The fraction of sp³-hybridized carbons (Fsp3) is 0.250. The first-order valence-corrected chi connectivity index (χ1v) is 8.23. The Balaban J connectivity index is 1.77. The largest absolute Gasteiger partial charge is 0.497 e. The summed E-state index contributed by atoms with van der Waals surface area (Å²) in [5, 5.41) is 16.1. The van der Waals surface area contributed by atoms with E-state index in [0.29, 0.717) is 28.1 Å². The molecular formula is C16H17N5O3S. The number of aryl methyl sites for hydroxylation is 1. The quantitative estimate of drug-likeness (QED) is 0.726. The van der Waals surface area contributed by atoms with Gasteiger partial charge in [0.2, 0.25) is 5.13 Å². The molecular weight excluding hydrogens is 342 g/mol. The molecule has 0 radical (unpaired) electrons. The summed E-state index contributed by atoms with van der Waals surface area (Å²) < 4.78 is 11.7. The molecule has 1 aromatic carbocycles. The average molecular weight is 359 g/mol. The van der Waals surface area contributed by atoms with Crippen LogP contribution in [0, 0.1) is 0 Å². The lowest BCUT2D eigenvalue weighted by Crippen LogP contribution is -2.15. The molecule has 0 aliphatic carbocycles. The third-order valence-corrected chi connectivity index (χ3v) is 4.27. The van der Waals surface area contributed by atoms with Crippen molar-refractivity contribution in [3.8, 4) is 17.0 Å². The maximum absolute atomic E-state index is 12.5. The van der Waals surface area contributed by atoms with Gasteiger partial charge >= 0.3 is 0 Å². The third kappa shape index (κ3) is 3.83. The predicted octanol–water partition coefficient (Wildman–Crippen LogP) is 2.35. The van der Waals surface area contributed by atoms with Crippen LogP contribution in [0.25, 0.3) is 11.3 Å². The molecule has 0 aliphatic rings. The van der Waals surface area contributed by atoms with E-state index < -0.39 is 0 Å².